The van der Waals surface area contributed by atoms with E-state index < -0.39 is 17.1 Å². The van der Waals surface area contributed by atoms with E-state index in [1.54, 1.807) is 66.7 Å². The van der Waals surface area contributed by atoms with Crippen molar-refractivity contribution in [3.63, 3.8) is 0 Å². The smallest absolute Gasteiger partial charge is 0.272 e. The Hall–Kier alpha value is -5.54. The Morgan fingerprint density at radius 3 is 2.24 bits per heavy atom. The number of fused-ring (bicyclic) bond motifs is 1. The largest absolute Gasteiger partial charge is 0.493 e. The van der Waals surface area contributed by atoms with E-state index in [0.29, 0.717) is 28.3 Å². The lowest BCUT2D eigenvalue weighted by molar-refractivity contribution is -0.115. The minimum Gasteiger partial charge on any atom is -0.493 e. The number of carbonyl (C=O) groups is 3. The van der Waals surface area contributed by atoms with E-state index in [1.807, 2.05) is 61.5 Å². The Kier molecular flexibility index (Phi) is 10.4. The van der Waals surface area contributed by atoms with Crippen LogP contribution >= 0.6 is 11.8 Å². The van der Waals surface area contributed by atoms with E-state index in [2.05, 4.69) is 16.0 Å². The number of amides is 3. The summed E-state index contributed by atoms with van der Waals surface area (Å²) in [5.74, 6) is -0.0811. The summed E-state index contributed by atoms with van der Waals surface area (Å²) >= 11 is 1.37. The average Bonchev–Trinajstić information content (AvgIpc) is 3.08. The first-order chi connectivity index (χ1) is 22.3. The monoisotopic (exact) mass is 631 g/mol. The van der Waals surface area contributed by atoms with Crippen molar-refractivity contribution in [2.24, 2.45) is 0 Å². The molecular formula is C37H33N3O5S. The summed E-state index contributed by atoms with van der Waals surface area (Å²) in [6.07, 6.45) is 1.57. The number of benzene rings is 5. The van der Waals surface area contributed by atoms with Gasteiger partial charge in [-0.05, 0) is 72.5 Å². The van der Waals surface area contributed by atoms with Gasteiger partial charge < -0.3 is 25.4 Å². The highest BCUT2D eigenvalue weighted by Crippen LogP contribution is 2.30. The van der Waals surface area contributed by atoms with E-state index in [1.165, 1.54) is 26.0 Å². The van der Waals surface area contributed by atoms with Crippen molar-refractivity contribution in [2.75, 3.05) is 24.9 Å². The molecule has 9 heteroatoms. The maximum atomic E-state index is 13.6. The van der Waals surface area contributed by atoms with E-state index in [4.69, 9.17) is 9.47 Å². The Bertz CT molecular complexity index is 1900. The van der Waals surface area contributed by atoms with Crippen LogP contribution in [0.4, 0.5) is 11.4 Å². The summed E-state index contributed by atoms with van der Waals surface area (Å²) in [6, 6.07) is 34.7. The van der Waals surface area contributed by atoms with E-state index in [9.17, 15) is 14.4 Å². The number of nitrogens with one attached hydrogen (secondary N) is 3. The minimum absolute atomic E-state index is 0.0296. The minimum atomic E-state index is -0.525. The number of thioether (sulfide) groups is 1. The number of carbonyl (C=O) groups excluding carboxylic acids is 3. The predicted molar refractivity (Wildman–Crippen MR) is 184 cm³/mol. The van der Waals surface area contributed by atoms with Crippen molar-refractivity contribution in [2.45, 2.75) is 17.1 Å². The Morgan fingerprint density at radius 1 is 0.739 bits per heavy atom. The van der Waals surface area contributed by atoms with Crippen molar-refractivity contribution < 1.29 is 23.9 Å². The van der Waals surface area contributed by atoms with Crippen molar-refractivity contribution >= 4 is 57.7 Å². The van der Waals surface area contributed by atoms with Crippen LogP contribution in [0.3, 0.4) is 0 Å². The molecular weight excluding hydrogens is 598 g/mol. The molecule has 0 bridgehead atoms. The van der Waals surface area contributed by atoms with Gasteiger partial charge in [0.25, 0.3) is 11.8 Å². The summed E-state index contributed by atoms with van der Waals surface area (Å²) in [5, 5.41) is 10.3. The number of hydrogen-bond donors (Lipinski definition) is 3. The van der Waals surface area contributed by atoms with Gasteiger partial charge in [-0.2, -0.15) is 0 Å². The van der Waals surface area contributed by atoms with Gasteiger partial charge in [-0.25, -0.2) is 0 Å². The van der Waals surface area contributed by atoms with Crippen molar-refractivity contribution in [1.82, 2.24) is 5.32 Å². The highest BCUT2D eigenvalue weighted by atomic mass is 32.2. The van der Waals surface area contributed by atoms with Crippen LogP contribution < -0.4 is 25.4 Å². The number of methoxy groups -OCH3 is 2. The maximum absolute atomic E-state index is 13.6. The number of anilines is 2. The topological polar surface area (TPSA) is 106 Å². The zero-order valence-electron chi connectivity index (χ0n) is 25.6. The van der Waals surface area contributed by atoms with E-state index in [-0.39, 0.29) is 11.6 Å². The normalized spacial score (nSPS) is 11.8. The molecule has 0 spiro atoms. The number of hydrogen-bond acceptors (Lipinski definition) is 6. The molecule has 5 rings (SSSR count). The molecule has 3 amide bonds. The lowest BCUT2D eigenvalue weighted by Gasteiger charge is -2.15. The molecule has 232 valence electrons. The quantitative estimate of drug-likeness (QED) is 0.104. The van der Waals surface area contributed by atoms with Crippen molar-refractivity contribution in [1.29, 1.82) is 0 Å². The number of ether oxygens (including phenoxy) is 2. The zero-order chi connectivity index (χ0) is 32.5. The van der Waals surface area contributed by atoms with Gasteiger partial charge >= 0.3 is 0 Å². The third-order valence-electron chi connectivity index (χ3n) is 7.07. The fourth-order valence-electron chi connectivity index (χ4n) is 4.72. The standard InChI is InChI=1S/C37H33N3O5S/c1-24(35(41)39-31-18-9-14-26-11-7-8-17-30(26)31)46-29-16-10-15-28(23-29)38-37(43)32(40-36(42)27-12-5-4-6-13-27)21-25-19-20-33(44-2)34(22-25)45-3/h4-24H,1-3H3,(H,38,43)(H,39,41)(H,40,42)/b32-21+. The molecule has 1 unspecified atom stereocenters. The molecule has 8 nitrogen and oxygen atoms in total. The molecule has 0 aromatic heterocycles. The lowest BCUT2D eigenvalue weighted by atomic mass is 10.1. The second kappa shape index (κ2) is 15.0. The molecule has 0 aliphatic heterocycles. The zero-order valence-corrected chi connectivity index (χ0v) is 26.4. The van der Waals surface area contributed by atoms with Crippen LogP contribution in [0.2, 0.25) is 0 Å². The van der Waals surface area contributed by atoms with Gasteiger partial charge in [-0.15, -0.1) is 11.8 Å². The summed E-state index contributed by atoms with van der Waals surface area (Å²) in [4.78, 5) is 40.6. The summed E-state index contributed by atoms with van der Waals surface area (Å²) < 4.78 is 10.7. The molecule has 0 aliphatic carbocycles. The molecule has 0 fully saturated rings. The summed E-state index contributed by atoms with van der Waals surface area (Å²) in [7, 11) is 3.06. The maximum Gasteiger partial charge on any atom is 0.272 e. The third kappa shape index (κ3) is 7.94. The first-order valence-electron chi connectivity index (χ1n) is 14.5. The molecule has 46 heavy (non-hydrogen) atoms. The molecule has 0 radical (unpaired) electrons. The lowest BCUT2D eigenvalue weighted by Crippen LogP contribution is -2.30. The van der Waals surface area contributed by atoms with Crippen LogP contribution in [-0.2, 0) is 9.59 Å². The highest BCUT2D eigenvalue weighted by Gasteiger charge is 2.18. The molecule has 0 heterocycles. The molecule has 5 aromatic rings. The fourth-order valence-corrected chi connectivity index (χ4v) is 5.65. The molecule has 1 atom stereocenters. The van der Waals surface area contributed by atoms with E-state index >= 15 is 0 Å². The van der Waals surface area contributed by atoms with Crippen LogP contribution in [-0.4, -0.2) is 37.2 Å². The average molecular weight is 632 g/mol. The van der Waals surface area contributed by atoms with Gasteiger partial charge in [0, 0.05) is 27.2 Å². The van der Waals surface area contributed by atoms with Gasteiger partial charge in [-0.1, -0.05) is 66.7 Å². The number of rotatable bonds is 11. The highest BCUT2D eigenvalue weighted by molar-refractivity contribution is 8.00. The van der Waals surface area contributed by atoms with Crippen LogP contribution in [0.15, 0.2) is 126 Å². The first-order valence-corrected chi connectivity index (χ1v) is 15.4. The molecule has 5 aromatic carbocycles. The van der Waals surface area contributed by atoms with Gasteiger partial charge in [-0.3, -0.25) is 14.4 Å². The Labute approximate surface area is 271 Å². The van der Waals surface area contributed by atoms with Crippen LogP contribution in [0.5, 0.6) is 11.5 Å². The third-order valence-corrected chi connectivity index (χ3v) is 8.16. The fraction of sp³-hybridized carbons (Fsp3) is 0.108. The molecule has 0 saturated heterocycles. The van der Waals surface area contributed by atoms with Gasteiger partial charge in [0.15, 0.2) is 11.5 Å². The van der Waals surface area contributed by atoms with Gasteiger partial charge in [0.2, 0.25) is 5.91 Å². The summed E-state index contributed by atoms with van der Waals surface area (Å²) in [6.45, 7) is 1.83. The van der Waals surface area contributed by atoms with Gasteiger partial charge in [0.05, 0.1) is 19.5 Å². The molecule has 0 aliphatic rings. The Morgan fingerprint density at radius 2 is 1.46 bits per heavy atom. The van der Waals surface area contributed by atoms with Crippen LogP contribution in [0.1, 0.15) is 22.8 Å². The summed E-state index contributed by atoms with van der Waals surface area (Å²) in [5.41, 5.74) is 2.31. The molecule has 3 N–H and O–H groups in total. The molecule has 0 saturated carbocycles. The van der Waals surface area contributed by atoms with Crippen LogP contribution in [0, 0.1) is 0 Å². The SMILES string of the molecule is COc1ccc(/C=C(/NC(=O)c2ccccc2)C(=O)Nc2cccc(SC(C)C(=O)Nc3cccc4ccccc34)c2)cc1OC. The second-order valence-corrected chi connectivity index (χ2v) is 11.7. The van der Waals surface area contributed by atoms with E-state index in [0.717, 1.165) is 21.4 Å². The second-order valence-electron chi connectivity index (χ2n) is 10.3. The predicted octanol–water partition coefficient (Wildman–Crippen LogP) is 7.39. The Balaban J connectivity index is 1.32. The first kappa shape index (κ1) is 31.9. The van der Waals surface area contributed by atoms with Crippen molar-refractivity contribution in [3.8, 4) is 11.5 Å². The van der Waals surface area contributed by atoms with Crippen LogP contribution in [0.25, 0.3) is 16.8 Å². The van der Waals surface area contributed by atoms with Crippen molar-refractivity contribution in [3.05, 3.63) is 132 Å². The van der Waals surface area contributed by atoms with Gasteiger partial charge in [0.1, 0.15) is 5.70 Å².